The van der Waals surface area contributed by atoms with Gasteiger partial charge in [0, 0.05) is 53.6 Å². The van der Waals surface area contributed by atoms with Crippen molar-refractivity contribution < 1.29 is 13.3 Å². The average Bonchev–Trinajstić information content (AvgIpc) is 2.38. The Bertz CT molecular complexity index is 263. The molecule has 0 aromatic rings. The molecule has 0 bridgehead atoms. The second-order valence-corrected chi connectivity index (χ2v) is 7.78. The van der Waals surface area contributed by atoms with Crippen LogP contribution in [-0.4, -0.2) is 71.2 Å². The predicted octanol–water partition coefficient (Wildman–Crippen LogP) is 2.20. The van der Waals surface area contributed by atoms with E-state index < -0.39 is 8.80 Å². The molecular formula is C13H30N2O3SSi. The third kappa shape index (κ3) is 6.99. The lowest BCUT2D eigenvalue weighted by Crippen LogP contribution is -2.46. The molecule has 0 rings (SSSR count). The van der Waals surface area contributed by atoms with Crippen LogP contribution in [0.15, 0.2) is 0 Å². The van der Waals surface area contributed by atoms with Gasteiger partial charge in [-0.3, -0.25) is 0 Å². The largest absolute Gasteiger partial charge is 0.500 e. The molecule has 0 unspecified atom stereocenters. The molecule has 0 amide bonds. The first-order chi connectivity index (χ1) is 9.42. The maximum Gasteiger partial charge on any atom is 0.500 e. The quantitative estimate of drug-likeness (QED) is 0.453. The minimum atomic E-state index is -2.51. The fourth-order valence-electron chi connectivity index (χ4n) is 1.97. The summed E-state index contributed by atoms with van der Waals surface area (Å²) >= 11 is 5.33. The fourth-order valence-corrected chi connectivity index (χ4v) is 4.66. The lowest BCUT2D eigenvalue weighted by molar-refractivity contribution is 0.0705. The summed E-state index contributed by atoms with van der Waals surface area (Å²) in [6, 6.07) is 0.822. The zero-order chi connectivity index (χ0) is 15.6. The van der Waals surface area contributed by atoms with Crippen molar-refractivity contribution in [2.75, 3.05) is 47.5 Å². The lowest BCUT2D eigenvalue weighted by Gasteiger charge is -2.30. The molecule has 0 aliphatic heterocycles. The van der Waals surface area contributed by atoms with Crippen LogP contribution in [0.1, 0.15) is 27.2 Å². The molecule has 20 heavy (non-hydrogen) atoms. The van der Waals surface area contributed by atoms with E-state index >= 15 is 0 Å². The zero-order valence-electron chi connectivity index (χ0n) is 13.8. The van der Waals surface area contributed by atoms with Crippen molar-refractivity contribution in [2.24, 2.45) is 0 Å². The van der Waals surface area contributed by atoms with Crippen LogP contribution in [0, 0.1) is 0 Å². The molecule has 0 spiro atoms. The molecule has 0 N–H and O–H groups in total. The highest BCUT2D eigenvalue weighted by molar-refractivity contribution is 7.80. The molecule has 7 heteroatoms. The Kier molecular flexibility index (Phi) is 10.4. The maximum atomic E-state index is 5.83. The minimum Gasteiger partial charge on any atom is -0.374 e. The van der Waals surface area contributed by atoms with Gasteiger partial charge >= 0.3 is 8.80 Å². The Morgan fingerprint density at radius 2 is 1.40 bits per heavy atom. The summed E-state index contributed by atoms with van der Waals surface area (Å²) in [5, 5.41) is 0.835. The van der Waals surface area contributed by atoms with Crippen molar-refractivity contribution in [2.45, 2.75) is 33.2 Å². The van der Waals surface area contributed by atoms with Gasteiger partial charge in [0.05, 0.1) is 0 Å². The van der Waals surface area contributed by atoms with Crippen molar-refractivity contribution in [3.8, 4) is 0 Å². The first-order valence-electron chi connectivity index (χ1n) is 7.26. The van der Waals surface area contributed by atoms with E-state index in [9.17, 15) is 0 Å². The van der Waals surface area contributed by atoms with Crippen LogP contribution in [0.25, 0.3) is 0 Å². The molecule has 0 aromatic heterocycles. The molecule has 0 atom stereocenters. The Labute approximate surface area is 130 Å². The second-order valence-electron chi connectivity index (χ2n) is 4.68. The summed E-state index contributed by atoms with van der Waals surface area (Å²) in [5.74, 6) is 0. The summed E-state index contributed by atoms with van der Waals surface area (Å²) in [5.41, 5.74) is 0. The van der Waals surface area contributed by atoms with E-state index in [0.29, 0.717) is 19.8 Å². The van der Waals surface area contributed by atoms with Gasteiger partial charge in [-0.25, -0.2) is 0 Å². The molecule has 0 heterocycles. The Morgan fingerprint density at radius 3 is 1.75 bits per heavy atom. The SMILES string of the molecule is CCO[Si](CCCN(C)C(=S)N(C)C)(OCC)OCC. The molecule has 0 aliphatic rings. The van der Waals surface area contributed by atoms with Crippen LogP contribution in [0.4, 0.5) is 0 Å². The van der Waals surface area contributed by atoms with Crippen LogP contribution in [0.5, 0.6) is 0 Å². The van der Waals surface area contributed by atoms with Crippen LogP contribution < -0.4 is 0 Å². The monoisotopic (exact) mass is 322 g/mol. The van der Waals surface area contributed by atoms with E-state index in [1.165, 1.54) is 0 Å². The van der Waals surface area contributed by atoms with Gasteiger partial charge in [0.1, 0.15) is 0 Å². The smallest absolute Gasteiger partial charge is 0.374 e. The van der Waals surface area contributed by atoms with E-state index in [1.54, 1.807) is 0 Å². The topological polar surface area (TPSA) is 34.2 Å². The van der Waals surface area contributed by atoms with Crippen molar-refractivity contribution in [1.29, 1.82) is 0 Å². The summed E-state index contributed by atoms with van der Waals surface area (Å²) in [6.07, 6.45) is 0.941. The molecular weight excluding hydrogens is 292 g/mol. The highest BCUT2D eigenvalue weighted by Gasteiger charge is 2.39. The van der Waals surface area contributed by atoms with E-state index in [4.69, 9.17) is 25.5 Å². The zero-order valence-corrected chi connectivity index (χ0v) is 15.6. The van der Waals surface area contributed by atoms with Gasteiger partial charge in [-0.1, -0.05) is 0 Å². The minimum absolute atomic E-state index is 0.623. The van der Waals surface area contributed by atoms with Gasteiger partial charge in [0.15, 0.2) is 5.11 Å². The summed E-state index contributed by atoms with van der Waals surface area (Å²) in [4.78, 5) is 4.01. The first kappa shape index (κ1) is 19.8. The van der Waals surface area contributed by atoms with Crippen LogP contribution in [-0.2, 0) is 13.3 Å². The van der Waals surface area contributed by atoms with Crippen molar-refractivity contribution >= 4 is 26.1 Å². The summed E-state index contributed by atoms with van der Waals surface area (Å²) in [7, 11) is 3.41. The molecule has 0 radical (unpaired) electrons. The van der Waals surface area contributed by atoms with E-state index in [-0.39, 0.29) is 0 Å². The highest BCUT2D eigenvalue weighted by atomic mass is 32.1. The molecule has 0 saturated carbocycles. The van der Waals surface area contributed by atoms with E-state index in [0.717, 1.165) is 24.1 Å². The van der Waals surface area contributed by atoms with Crippen LogP contribution >= 0.6 is 12.2 Å². The predicted molar refractivity (Wildman–Crippen MR) is 89.0 cm³/mol. The second kappa shape index (κ2) is 10.5. The molecule has 120 valence electrons. The van der Waals surface area contributed by atoms with Crippen LogP contribution in [0.3, 0.4) is 0 Å². The van der Waals surface area contributed by atoms with Crippen molar-refractivity contribution in [3.63, 3.8) is 0 Å². The number of hydrogen-bond donors (Lipinski definition) is 0. The number of hydrogen-bond acceptors (Lipinski definition) is 4. The molecule has 0 saturated heterocycles. The number of rotatable bonds is 10. The Morgan fingerprint density at radius 1 is 0.950 bits per heavy atom. The third-order valence-electron chi connectivity index (χ3n) is 2.78. The lowest BCUT2D eigenvalue weighted by atomic mass is 10.4. The van der Waals surface area contributed by atoms with Gasteiger partial charge in [0.2, 0.25) is 0 Å². The third-order valence-corrected chi connectivity index (χ3v) is 6.61. The fraction of sp³-hybridized carbons (Fsp3) is 0.923. The van der Waals surface area contributed by atoms with Gasteiger partial charge in [-0.05, 0) is 39.4 Å². The first-order valence-corrected chi connectivity index (χ1v) is 9.60. The van der Waals surface area contributed by atoms with Crippen molar-refractivity contribution in [3.05, 3.63) is 0 Å². The van der Waals surface area contributed by atoms with Crippen LogP contribution in [0.2, 0.25) is 6.04 Å². The standard InChI is InChI=1S/C13H30N2O3SSi/c1-7-16-20(17-8-2,18-9-3)12-10-11-15(6)13(19)14(4)5/h7-12H2,1-6H3. The average molecular weight is 323 g/mol. The van der Waals surface area contributed by atoms with Gasteiger partial charge < -0.3 is 23.1 Å². The maximum absolute atomic E-state index is 5.83. The number of nitrogens with zero attached hydrogens (tertiary/aromatic N) is 2. The van der Waals surface area contributed by atoms with Gasteiger partial charge in [-0.15, -0.1) is 0 Å². The highest BCUT2D eigenvalue weighted by Crippen LogP contribution is 2.18. The molecule has 0 aromatic carbocycles. The summed E-state index contributed by atoms with van der Waals surface area (Å²) in [6.45, 7) is 8.68. The van der Waals surface area contributed by atoms with E-state index in [1.807, 2.05) is 46.8 Å². The normalized spacial score (nSPS) is 11.5. The molecule has 0 aliphatic carbocycles. The Hall–Kier alpha value is -0.213. The van der Waals surface area contributed by atoms with E-state index in [2.05, 4.69) is 4.90 Å². The van der Waals surface area contributed by atoms with Crippen molar-refractivity contribution in [1.82, 2.24) is 9.80 Å². The number of thiocarbonyl (C=S) groups is 1. The molecule has 0 fully saturated rings. The Balaban J connectivity index is 4.41. The molecule has 5 nitrogen and oxygen atoms in total. The van der Waals surface area contributed by atoms with Gasteiger partial charge in [-0.2, -0.15) is 0 Å². The van der Waals surface area contributed by atoms with Gasteiger partial charge in [0.25, 0.3) is 0 Å². The summed E-state index contributed by atoms with van der Waals surface area (Å²) < 4.78 is 17.5.